The number of nitrogens with one attached hydrogen (secondary N) is 1. The van der Waals surface area contributed by atoms with Gasteiger partial charge in [-0.2, -0.15) is 4.98 Å². The minimum absolute atomic E-state index is 0.431. The predicted octanol–water partition coefficient (Wildman–Crippen LogP) is 3.37. The average molecular weight is 287 g/mol. The van der Waals surface area contributed by atoms with Gasteiger partial charge in [-0.05, 0) is 24.9 Å². The molecule has 1 aromatic carbocycles. The fourth-order valence-electron chi connectivity index (χ4n) is 2.41. The molecule has 4 heteroatoms. The first-order valence-corrected chi connectivity index (χ1v) is 7.90. The Balaban J connectivity index is 1.92. The smallest absolute Gasteiger partial charge is 0.228 e. The largest absolute Gasteiger partial charge is 0.339 e. The van der Waals surface area contributed by atoms with Crippen LogP contribution in [0, 0.1) is 0 Å². The lowest BCUT2D eigenvalue weighted by Crippen LogP contribution is -2.31. The van der Waals surface area contributed by atoms with E-state index in [0.29, 0.717) is 6.04 Å². The minimum Gasteiger partial charge on any atom is -0.339 e. The van der Waals surface area contributed by atoms with Crippen LogP contribution in [0.5, 0.6) is 0 Å². The van der Waals surface area contributed by atoms with E-state index in [1.54, 1.807) is 0 Å². The van der Waals surface area contributed by atoms with Crippen LogP contribution in [0.1, 0.15) is 50.4 Å². The second-order valence-electron chi connectivity index (χ2n) is 5.41. The maximum absolute atomic E-state index is 5.39. The molecule has 1 N–H and O–H groups in total. The van der Waals surface area contributed by atoms with Gasteiger partial charge in [0.2, 0.25) is 5.89 Å². The van der Waals surface area contributed by atoms with Crippen molar-refractivity contribution in [2.75, 3.05) is 6.54 Å². The van der Waals surface area contributed by atoms with Gasteiger partial charge in [-0.3, -0.25) is 0 Å². The van der Waals surface area contributed by atoms with Crippen LogP contribution in [0.2, 0.25) is 0 Å². The van der Waals surface area contributed by atoms with Gasteiger partial charge >= 0.3 is 0 Å². The summed E-state index contributed by atoms with van der Waals surface area (Å²) in [7, 11) is 0. The standard InChI is InChI=1S/C17H25N3O/c1-3-8-15(18-11-4-2)13-17-19-16(20-21-17)12-14-9-6-5-7-10-14/h5-7,9-10,15,18H,3-4,8,11-13H2,1-2H3. The lowest BCUT2D eigenvalue weighted by molar-refractivity contribution is 0.347. The van der Waals surface area contributed by atoms with Crippen molar-refractivity contribution in [1.82, 2.24) is 15.5 Å². The summed E-state index contributed by atoms with van der Waals surface area (Å²) in [5.74, 6) is 1.50. The van der Waals surface area contributed by atoms with Crippen LogP contribution >= 0.6 is 0 Å². The number of nitrogens with zero attached hydrogens (tertiary/aromatic N) is 2. The number of hydrogen-bond acceptors (Lipinski definition) is 4. The Bertz CT molecular complexity index is 510. The molecule has 0 aliphatic carbocycles. The van der Waals surface area contributed by atoms with Crippen LogP contribution in [-0.4, -0.2) is 22.7 Å². The first-order chi connectivity index (χ1) is 10.3. The summed E-state index contributed by atoms with van der Waals surface area (Å²) < 4.78 is 5.39. The number of aromatic nitrogens is 2. The van der Waals surface area contributed by atoms with E-state index in [1.165, 1.54) is 5.56 Å². The lowest BCUT2D eigenvalue weighted by Gasteiger charge is -2.15. The quantitative estimate of drug-likeness (QED) is 0.768. The molecule has 1 atom stereocenters. The van der Waals surface area contributed by atoms with E-state index in [9.17, 15) is 0 Å². The Morgan fingerprint density at radius 2 is 1.95 bits per heavy atom. The summed E-state index contributed by atoms with van der Waals surface area (Å²) in [5.41, 5.74) is 1.21. The third kappa shape index (κ3) is 5.31. The van der Waals surface area contributed by atoms with Crippen LogP contribution in [0.15, 0.2) is 34.9 Å². The second kappa shape index (κ2) is 8.57. The van der Waals surface area contributed by atoms with Crippen molar-refractivity contribution in [3.05, 3.63) is 47.6 Å². The van der Waals surface area contributed by atoms with Gasteiger partial charge in [-0.15, -0.1) is 0 Å². The van der Waals surface area contributed by atoms with Gasteiger partial charge in [0.15, 0.2) is 5.82 Å². The molecule has 4 nitrogen and oxygen atoms in total. The van der Waals surface area contributed by atoms with Gasteiger partial charge in [-0.1, -0.05) is 55.8 Å². The van der Waals surface area contributed by atoms with Crippen molar-refractivity contribution in [3.8, 4) is 0 Å². The lowest BCUT2D eigenvalue weighted by atomic mass is 10.1. The molecule has 1 unspecified atom stereocenters. The highest BCUT2D eigenvalue weighted by Gasteiger charge is 2.13. The summed E-state index contributed by atoms with van der Waals surface area (Å²) in [6, 6.07) is 10.7. The molecule has 0 fully saturated rings. The maximum atomic E-state index is 5.39. The van der Waals surface area contributed by atoms with Gasteiger partial charge in [0.25, 0.3) is 0 Å². The zero-order valence-electron chi connectivity index (χ0n) is 13.0. The van der Waals surface area contributed by atoms with Crippen molar-refractivity contribution in [3.63, 3.8) is 0 Å². The average Bonchev–Trinajstić information content (AvgIpc) is 2.93. The Morgan fingerprint density at radius 1 is 1.14 bits per heavy atom. The fourth-order valence-corrected chi connectivity index (χ4v) is 2.41. The third-order valence-electron chi connectivity index (χ3n) is 3.46. The van der Waals surface area contributed by atoms with Crippen molar-refractivity contribution < 1.29 is 4.52 Å². The van der Waals surface area contributed by atoms with Crippen LogP contribution < -0.4 is 5.32 Å². The molecule has 2 rings (SSSR count). The van der Waals surface area contributed by atoms with Crippen LogP contribution in [0.25, 0.3) is 0 Å². The molecule has 0 amide bonds. The predicted molar refractivity (Wildman–Crippen MR) is 84.2 cm³/mol. The van der Waals surface area contributed by atoms with E-state index >= 15 is 0 Å². The van der Waals surface area contributed by atoms with E-state index in [-0.39, 0.29) is 0 Å². The van der Waals surface area contributed by atoms with E-state index < -0.39 is 0 Å². The highest BCUT2D eigenvalue weighted by molar-refractivity contribution is 5.18. The first kappa shape index (κ1) is 15.7. The van der Waals surface area contributed by atoms with Crippen molar-refractivity contribution in [2.24, 2.45) is 0 Å². The summed E-state index contributed by atoms with van der Waals surface area (Å²) in [6.45, 7) is 5.42. The van der Waals surface area contributed by atoms with Crippen molar-refractivity contribution >= 4 is 0 Å². The minimum atomic E-state index is 0.431. The molecule has 0 spiro atoms. The molecule has 0 radical (unpaired) electrons. The molecular weight excluding hydrogens is 262 g/mol. The van der Waals surface area contributed by atoms with E-state index in [4.69, 9.17) is 4.52 Å². The highest BCUT2D eigenvalue weighted by atomic mass is 16.5. The molecule has 0 saturated heterocycles. The van der Waals surface area contributed by atoms with E-state index in [1.807, 2.05) is 18.2 Å². The molecule has 1 aromatic heterocycles. The summed E-state index contributed by atoms with van der Waals surface area (Å²) in [4.78, 5) is 4.52. The molecule has 0 bridgehead atoms. The third-order valence-corrected chi connectivity index (χ3v) is 3.46. The zero-order valence-corrected chi connectivity index (χ0v) is 13.0. The van der Waals surface area contributed by atoms with E-state index in [0.717, 1.165) is 50.4 Å². The van der Waals surface area contributed by atoms with Crippen LogP contribution in [0.4, 0.5) is 0 Å². The monoisotopic (exact) mass is 287 g/mol. The highest BCUT2D eigenvalue weighted by Crippen LogP contribution is 2.09. The SMILES string of the molecule is CCCNC(CCC)Cc1nc(Cc2ccccc2)no1. The van der Waals surface area contributed by atoms with Crippen molar-refractivity contribution in [1.29, 1.82) is 0 Å². The molecule has 0 aliphatic heterocycles. The van der Waals surface area contributed by atoms with Crippen molar-refractivity contribution in [2.45, 2.75) is 52.0 Å². The summed E-state index contributed by atoms with van der Waals surface area (Å²) >= 11 is 0. The Hall–Kier alpha value is -1.68. The Kier molecular flexibility index (Phi) is 6.41. The van der Waals surface area contributed by atoms with Gasteiger partial charge < -0.3 is 9.84 Å². The van der Waals surface area contributed by atoms with Crippen LogP contribution in [0.3, 0.4) is 0 Å². The number of hydrogen-bond donors (Lipinski definition) is 1. The molecule has 21 heavy (non-hydrogen) atoms. The van der Waals surface area contributed by atoms with E-state index in [2.05, 4.69) is 41.4 Å². The first-order valence-electron chi connectivity index (χ1n) is 7.90. The summed E-state index contributed by atoms with van der Waals surface area (Å²) in [6.07, 6.45) is 4.98. The summed E-state index contributed by atoms with van der Waals surface area (Å²) in [5, 5.41) is 7.64. The Morgan fingerprint density at radius 3 is 2.67 bits per heavy atom. The van der Waals surface area contributed by atoms with Gasteiger partial charge in [0.05, 0.1) is 0 Å². The van der Waals surface area contributed by atoms with Gasteiger partial charge in [0, 0.05) is 18.9 Å². The number of benzene rings is 1. The molecule has 2 aromatic rings. The van der Waals surface area contributed by atoms with Crippen LogP contribution in [-0.2, 0) is 12.8 Å². The normalized spacial score (nSPS) is 12.5. The molecule has 1 heterocycles. The zero-order chi connectivity index (χ0) is 14.9. The van der Waals surface area contributed by atoms with Gasteiger partial charge in [0.1, 0.15) is 0 Å². The molecular formula is C17H25N3O. The molecule has 0 saturated carbocycles. The van der Waals surface area contributed by atoms with Gasteiger partial charge in [-0.25, -0.2) is 0 Å². The Labute approximate surface area is 127 Å². The second-order valence-corrected chi connectivity index (χ2v) is 5.41. The molecule has 114 valence electrons. The maximum Gasteiger partial charge on any atom is 0.228 e. The number of rotatable bonds is 9. The topological polar surface area (TPSA) is 51.0 Å². The fraction of sp³-hybridized carbons (Fsp3) is 0.529. The molecule has 0 aliphatic rings.